The lowest BCUT2D eigenvalue weighted by Gasteiger charge is -2.36. The van der Waals surface area contributed by atoms with E-state index in [1.54, 1.807) is 17.9 Å². The van der Waals surface area contributed by atoms with Crippen molar-refractivity contribution in [2.45, 2.75) is 38.6 Å². The van der Waals surface area contributed by atoms with Gasteiger partial charge in [-0.1, -0.05) is 6.07 Å². The predicted molar refractivity (Wildman–Crippen MR) is 124 cm³/mol. The van der Waals surface area contributed by atoms with Crippen molar-refractivity contribution in [3.63, 3.8) is 0 Å². The number of imide groups is 1. The highest BCUT2D eigenvalue weighted by Crippen LogP contribution is 2.27. The van der Waals surface area contributed by atoms with Crippen molar-refractivity contribution in [3.05, 3.63) is 24.3 Å². The highest BCUT2D eigenvalue weighted by atomic mass is 32.2. The van der Waals surface area contributed by atoms with Crippen molar-refractivity contribution >= 4 is 33.3 Å². The monoisotopic (exact) mass is 463 g/mol. The van der Waals surface area contributed by atoms with Gasteiger partial charge in [-0.15, -0.1) is 0 Å². The van der Waals surface area contributed by atoms with Gasteiger partial charge in [0.2, 0.25) is 10.0 Å². The van der Waals surface area contributed by atoms with Gasteiger partial charge >= 0.3 is 6.03 Å². The molecule has 3 heterocycles. The number of hydrogen-bond acceptors (Lipinski definition) is 6. The normalized spacial score (nSPS) is 22.0. The average molecular weight is 464 g/mol. The zero-order chi connectivity index (χ0) is 22.7. The number of urea groups is 1. The molecule has 1 aromatic rings. The number of rotatable bonds is 9. The van der Waals surface area contributed by atoms with Crippen LogP contribution in [0.2, 0.25) is 0 Å². The minimum Gasteiger partial charge on any atom is -0.369 e. The summed E-state index contributed by atoms with van der Waals surface area (Å²) in [5.41, 5.74) is 1.62. The second-order valence-corrected chi connectivity index (χ2v) is 10.7. The van der Waals surface area contributed by atoms with Gasteiger partial charge in [-0.2, -0.15) is 0 Å². The quantitative estimate of drug-likeness (QED) is 0.443. The molecule has 0 aromatic heterocycles. The first-order valence-corrected chi connectivity index (χ1v) is 13.2. The van der Waals surface area contributed by atoms with Crippen LogP contribution < -0.4 is 9.62 Å². The summed E-state index contributed by atoms with van der Waals surface area (Å²) >= 11 is 0. The number of amides is 3. The molecule has 0 aliphatic carbocycles. The predicted octanol–water partition coefficient (Wildman–Crippen LogP) is 1.78. The van der Waals surface area contributed by atoms with Crippen LogP contribution in [0.15, 0.2) is 24.3 Å². The molecule has 0 radical (unpaired) electrons. The number of piperazine rings is 1. The first kappa shape index (κ1) is 22.8. The van der Waals surface area contributed by atoms with Crippen molar-refractivity contribution < 1.29 is 18.0 Å². The Morgan fingerprint density at radius 2 is 1.78 bits per heavy atom. The molecule has 4 rings (SSSR count). The van der Waals surface area contributed by atoms with Gasteiger partial charge in [-0.3, -0.25) is 19.3 Å². The highest BCUT2D eigenvalue weighted by Gasteiger charge is 2.46. The summed E-state index contributed by atoms with van der Waals surface area (Å²) < 4.78 is 26.3. The van der Waals surface area contributed by atoms with Crippen LogP contribution in [0.3, 0.4) is 0 Å². The van der Waals surface area contributed by atoms with Crippen molar-refractivity contribution in [1.29, 1.82) is 0 Å². The molecule has 9 nitrogen and oxygen atoms in total. The molecular weight excluding hydrogens is 430 g/mol. The van der Waals surface area contributed by atoms with Crippen LogP contribution >= 0.6 is 0 Å². The molecule has 3 fully saturated rings. The topological polar surface area (TPSA) is 93.3 Å². The molecule has 3 aliphatic rings. The fraction of sp³-hybridized carbons (Fsp3) is 0.636. The van der Waals surface area contributed by atoms with Gasteiger partial charge in [-0.25, -0.2) is 13.2 Å². The number of nitrogens with zero attached hydrogens (tertiary/aromatic N) is 4. The Labute approximate surface area is 190 Å². The minimum absolute atomic E-state index is 0.00966. The molecule has 1 atom stereocenters. The molecule has 3 aliphatic heterocycles. The summed E-state index contributed by atoms with van der Waals surface area (Å²) in [5, 5.41) is 0. The minimum atomic E-state index is -3.28. The molecule has 10 heteroatoms. The summed E-state index contributed by atoms with van der Waals surface area (Å²) in [4.78, 5) is 32.6. The van der Waals surface area contributed by atoms with E-state index in [0.29, 0.717) is 18.8 Å². The molecule has 3 saturated heterocycles. The van der Waals surface area contributed by atoms with Crippen molar-refractivity contribution in [1.82, 2.24) is 14.7 Å². The molecular formula is C22H33N5O4S. The molecule has 176 valence electrons. The van der Waals surface area contributed by atoms with Gasteiger partial charge in [0, 0.05) is 45.0 Å². The molecule has 3 amide bonds. The van der Waals surface area contributed by atoms with E-state index in [1.807, 2.05) is 18.2 Å². The van der Waals surface area contributed by atoms with Gasteiger partial charge in [0.1, 0.15) is 6.04 Å². The second-order valence-electron chi connectivity index (χ2n) is 8.72. The van der Waals surface area contributed by atoms with Gasteiger partial charge < -0.3 is 9.80 Å². The summed E-state index contributed by atoms with van der Waals surface area (Å²) in [7, 11) is -3.28. The number of fused-ring (bicyclic) bond motifs is 1. The number of unbranched alkanes of at least 4 members (excludes halogenated alkanes) is 1. The van der Waals surface area contributed by atoms with Gasteiger partial charge in [0.15, 0.2) is 0 Å². The van der Waals surface area contributed by atoms with Crippen LogP contribution in [0.4, 0.5) is 16.2 Å². The summed E-state index contributed by atoms with van der Waals surface area (Å²) in [6.45, 7) is 7.43. The third-order valence-electron chi connectivity index (χ3n) is 6.62. The second kappa shape index (κ2) is 9.66. The smallest absolute Gasteiger partial charge is 0.327 e. The molecule has 0 saturated carbocycles. The summed E-state index contributed by atoms with van der Waals surface area (Å²) in [6.07, 6.45) is 3.52. The SMILES string of the molecule is CCS(=O)(=O)Nc1cccc(N2CCN(CCCCN3C(=O)C4CCCN4C3=O)CC2)c1. The van der Waals surface area contributed by atoms with Crippen molar-refractivity contribution in [2.75, 3.05) is 61.2 Å². The number of sulfonamides is 1. The Bertz CT molecular complexity index is 923. The zero-order valence-electron chi connectivity index (χ0n) is 18.7. The maximum absolute atomic E-state index is 12.4. The number of carbonyl (C=O) groups is 2. The van der Waals surface area contributed by atoms with Crippen LogP contribution in [0.1, 0.15) is 32.6 Å². The Hall–Kier alpha value is -2.33. The fourth-order valence-corrected chi connectivity index (χ4v) is 5.37. The van der Waals surface area contributed by atoms with Crippen molar-refractivity contribution in [3.8, 4) is 0 Å². The third kappa shape index (κ3) is 5.01. The van der Waals surface area contributed by atoms with E-state index in [9.17, 15) is 18.0 Å². The van der Waals surface area contributed by atoms with Crippen LogP contribution in [0.5, 0.6) is 0 Å². The first-order chi connectivity index (χ1) is 15.4. The highest BCUT2D eigenvalue weighted by molar-refractivity contribution is 7.92. The van der Waals surface area contributed by atoms with Crippen molar-refractivity contribution in [2.24, 2.45) is 0 Å². The van der Waals surface area contributed by atoms with E-state index in [4.69, 9.17) is 0 Å². The van der Waals surface area contributed by atoms with Crippen LogP contribution in [-0.2, 0) is 14.8 Å². The molecule has 32 heavy (non-hydrogen) atoms. The molecule has 1 aromatic carbocycles. The standard InChI is InChI=1S/C22H33N5O4S/c1-2-32(30,31)23-18-7-5-8-19(17-18)25-15-13-24(14-16-25)10-3-4-11-27-21(28)20-9-6-12-26(20)22(27)29/h5,7-8,17,20,23H,2-4,6,9-16H2,1H3. The summed E-state index contributed by atoms with van der Waals surface area (Å²) in [5.74, 6) is 0.0408. The molecule has 0 spiro atoms. The van der Waals surface area contributed by atoms with Gasteiger partial charge in [0.25, 0.3) is 5.91 Å². The number of anilines is 2. The lowest BCUT2D eigenvalue weighted by atomic mass is 10.2. The van der Waals surface area contributed by atoms with E-state index in [-0.39, 0.29) is 23.7 Å². The van der Waals surface area contributed by atoms with E-state index in [1.165, 1.54) is 4.90 Å². The molecule has 1 N–H and O–H groups in total. The third-order valence-corrected chi connectivity index (χ3v) is 7.93. The average Bonchev–Trinajstić information content (AvgIpc) is 3.36. The number of hydrogen-bond donors (Lipinski definition) is 1. The van der Waals surface area contributed by atoms with E-state index in [0.717, 1.165) is 64.1 Å². The fourth-order valence-electron chi connectivity index (χ4n) is 4.74. The Balaban J connectivity index is 1.19. The first-order valence-electron chi connectivity index (χ1n) is 11.6. The zero-order valence-corrected chi connectivity index (χ0v) is 19.5. The largest absolute Gasteiger partial charge is 0.369 e. The summed E-state index contributed by atoms with van der Waals surface area (Å²) in [6, 6.07) is 7.24. The van der Waals surface area contributed by atoms with Gasteiger partial charge in [-0.05, 0) is 57.4 Å². The lowest BCUT2D eigenvalue weighted by molar-refractivity contribution is -0.128. The van der Waals surface area contributed by atoms with E-state index < -0.39 is 10.0 Å². The van der Waals surface area contributed by atoms with E-state index in [2.05, 4.69) is 14.5 Å². The van der Waals surface area contributed by atoms with Crippen LogP contribution in [0.25, 0.3) is 0 Å². The number of benzene rings is 1. The van der Waals surface area contributed by atoms with Gasteiger partial charge in [0.05, 0.1) is 11.4 Å². The Morgan fingerprint density at radius 3 is 2.50 bits per heavy atom. The maximum atomic E-state index is 12.4. The number of carbonyl (C=O) groups excluding carboxylic acids is 2. The number of nitrogens with one attached hydrogen (secondary N) is 1. The molecule has 0 bridgehead atoms. The molecule has 1 unspecified atom stereocenters. The lowest BCUT2D eigenvalue weighted by Crippen LogP contribution is -2.46. The van der Waals surface area contributed by atoms with Crippen LogP contribution in [-0.4, -0.2) is 92.7 Å². The Kier molecular flexibility index (Phi) is 6.90. The van der Waals surface area contributed by atoms with Crippen LogP contribution in [0, 0.1) is 0 Å². The van der Waals surface area contributed by atoms with E-state index >= 15 is 0 Å². The Morgan fingerprint density at radius 1 is 1.03 bits per heavy atom. The maximum Gasteiger partial charge on any atom is 0.327 e.